The van der Waals surface area contributed by atoms with E-state index in [2.05, 4.69) is 9.71 Å². The van der Waals surface area contributed by atoms with E-state index < -0.39 is 10.0 Å². The number of phenols is 1. The van der Waals surface area contributed by atoms with E-state index in [1.807, 2.05) is 36.6 Å². The number of aryl methyl sites for hydroxylation is 1. The van der Waals surface area contributed by atoms with E-state index in [-0.39, 0.29) is 11.5 Å². The predicted molar refractivity (Wildman–Crippen MR) is 105 cm³/mol. The molecule has 1 aromatic heterocycles. The molecule has 0 saturated heterocycles. The van der Waals surface area contributed by atoms with Gasteiger partial charge >= 0.3 is 0 Å². The molecule has 2 N–H and O–H groups in total. The van der Waals surface area contributed by atoms with Crippen molar-refractivity contribution in [3.63, 3.8) is 0 Å². The summed E-state index contributed by atoms with van der Waals surface area (Å²) >= 11 is 1.50. The van der Waals surface area contributed by atoms with Gasteiger partial charge in [0, 0.05) is 23.9 Å². The number of hydrogen-bond donors (Lipinski definition) is 2. The molecule has 1 heterocycles. The van der Waals surface area contributed by atoms with E-state index in [0.717, 1.165) is 27.4 Å². The average molecular weight is 389 g/mol. The number of phenolic OH excluding ortho intramolecular Hbond substituents is 1. The summed E-state index contributed by atoms with van der Waals surface area (Å²) in [5.41, 5.74) is 3.62. The number of nitrogens with one attached hydrogen (secondary N) is 1. The van der Waals surface area contributed by atoms with Crippen LogP contribution in [0.5, 0.6) is 5.75 Å². The van der Waals surface area contributed by atoms with Crippen LogP contribution in [0, 0.1) is 6.92 Å². The summed E-state index contributed by atoms with van der Waals surface area (Å²) in [4.78, 5) is 4.53. The van der Waals surface area contributed by atoms with E-state index in [1.165, 1.54) is 11.3 Å². The van der Waals surface area contributed by atoms with Crippen LogP contribution in [0.3, 0.4) is 0 Å². The van der Waals surface area contributed by atoms with Crippen LogP contribution in [0.2, 0.25) is 0 Å². The Labute approximate surface area is 157 Å². The lowest BCUT2D eigenvalue weighted by atomic mass is 10.2. The maximum atomic E-state index is 12.2. The molecular formula is C19H20N2O3S2. The standard InChI is InChI=1S/C19H20N2O3S2/c1-14-2-4-15(5-3-14)13-26(23,24)20-11-10-19-21-18(12-25-19)16-6-8-17(22)9-7-16/h2-9,12,20,22H,10-11,13H2,1H3. The van der Waals surface area contributed by atoms with Crippen LogP contribution in [0.1, 0.15) is 16.1 Å². The van der Waals surface area contributed by atoms with E-state index in [4.69, 9.17) is 0 Å². The minimum atomic E-state index is -3.37. The topological polar surface area (TPSA) is 79.3 Å². The van der Waals surface area contributed by atoms with Gasteiger partial charge in [-0.1, -0.05) is 29.8 Å². The molecule has 7 heteroatoms. The van der Waals surface area contributed by atoms with Crippen LogP contribution in [0.4, 0.5) is 0 Å². The van der Waals surface area contributed by atoms with Gasteiger partial charge < -0.3 is 5.11 Å². The summed E-state index contributed by atoms with van der Waals surface area (Å²) < 4.78 is 27.0. The van der Waals surface area contributed by atoms with E-state index in [0.29, 0.717) is 13.0 Å². The van der Waals surface area contributed by atoms with Crippen molar-refractivity contribution in [3.8, 4) is 17.0 Å². The molecule has 0 amide bonds. The number of benzene rings is 2. The molecule has 5 nitrogen and oxygen atoms in total. The molecule has 0 radical (unpaired) electrons. The van der Waals surface area contributed by atoms with Gasteiger partial charge in [0.05, 0.1) is 16.5 Å². The van der Waals surface area contributed by atoms with Gasteiger partial charge in [-0.15, -0.1) is 11.3 Å². The quantitative estimate of drug-likeness (QED) is 0.649. The van der Waals surface area contributed by atoms with E-state index in [9.17, 15) is 13.5 Å². The van der Waals surface area contributed by atoms with Crippen LogP contribution in [-0.4, -0.2) is 25.1 Å². The predicted octanol–water partition coefficient (Wildman–Crippen LogP) is 3.49. The Bertz CT molecular complexity index is 963. The first-order chi connectivity index (χ1) is 12.4. The zero-order valence-corrected chi connectivity index (χ0v) is 16.0. The van der Waals surface area contributed by atoms with Gasteiger partial charge in [-0.3, -0.25) is 0 Å². The lowest BCUT2D eigenvalue weighted by Gasteiger charge is -2.06. The van der Waals surface area contributed by atoms with Gasteiger partial charge in [-0.2, -0.15) is 0 Å². The molecule has 2 aromatic carbocycles. The largest absolute Gasteiger partial charge is 0.508 e. The van der Waals surface area contributed by atoms with Gasteiger partial charge in [0.15, 0.2) is 0 Å². The minimum Gasteiger partial charge on any atom is -0.508 e. The molecule has 0 aliphatic carbocycles. The van der Waals surface area contributed by atoms with Crippen LogP contribution < -0.4 is 4.72 Å². The monoisotopic (exact) mass is 388 g/mol. The molecule has 0 spiro atoms. The Morgan fingerprint density at radius 2 is 1.77 bits per heavy atom. The first kappa shape index (κ1) is 18.6. The van der Waals surface area contributed by atoms with Crippen molar-refractivity contribution in [1.29, 1.82) is 0 Å². The van der Waals surface area contributed by atoms with Crippen molar-refractivity contribution in [2.45, 2.75) is 19.1 Å². The third-order valence-corrected chi connectivity index (χ3v) is 6.12. The summed E-state index contributed by atoms with van der Waals surface area (Å²) in [5, 5.41) is 12.1. The lowest BCUT2D eigenvalue weighted by molar-refractivity contribution is 0.475. The Hall–Kier alpha value is -2.22. The number of thiazole rings is 1. The number of hydrogen-bond acceptors (Lipinski definition) is 5. The molecule has 0 unspecified atom stereocenters. The SMILES string of the molecule is Cc1ccc(CS(=O)(=O)NCCc2nc(-c3ccc(O)cc3)cs2)cc1. The van der Waals surface area contributed by atoms with E-state index in [1.54, 1.807) is 24.3 Å². The molecule has 0 aliphatic rings. The zero-order valence-electron chi connectivity index (χ0n) is 14.3. The van der Waals surface area contributed by atoms with Gasteiger partial charge in [0.25, 0.3) is 0 Å². The third kappa shape index (κ3) is 5.14. The van der Waals surface area contributed by atoms with Crippen LogP contribution in [0.25, 0.3) is 11.3 Å². The van der Waals surface area contributed by atoms with Crippen LogP contribution in [-0.2, 0) is 22.2 Å². The second-order valence-electron chi connectivity index (χ2n) is 6.06. The normalized spacial score (nSPS) is 11.6. The van der Waals surface area contributed by atoms with Crippen molar-refractivity contribution < 1.29 is 13.5 Å². The van der Waals surface area contributed by atoms with Crippen molar-refractivity contribution in [1.82, 2.24) is 9.71 Å². The molecule has 136 valence electrons. The van der Waals surface area contributed by atoms with Gasteiger partial charge in [0.2, 0.25) is 10.0 Å². The summed E-state index contributed by atoms with van der Waals surface area (Å²) in [6.07, 6.45) is 0.538. The smallest absolute Gasteiger partial charge is 0.215 e. The van der Waals surface area contributed by atoms with Crippen LogP contribution in [0.15, 0.2) is 53.9 Å². The van der Waals surface area contributed by atoms with Gasteiger partial charge in [-0.25, -0.2) is 18.1 Å². The number of rotatable bonds is 7. The Balaban J connectivity index is 1.54. The lowest BCUT2D eigenvalue weighted by Crippen LogP contribution is -2.27. The highest BCUT2D eigenvalue weighted by Crippen LogP contribution is 2.23. The summed E-state index contributed by atoms with van der Waals surface area (Å²) in [7, 11) is -3.37. The molecule has 3 rings (SSSR count). The molecular weight excluding hydrogens is 368 g/mol. The van der Waals surface area contributed by atoms with Crippen molar-refractivity contribution in [2.75, 3.05) is 6.54 Å². The first-order valence-electron chi connectivity index (χ1n) is 8.18. The average Bonchev–Trinajstić information content (AvgIpc) is 3.06. The number of aromatic hydroxyl groups is 1. The summed E-state index contributed by atoms with van der Waals surface area (Å²) in [6.45, 7) is 2.29. The van der Waals surface area contributed by atoms with Gasteiger partial charge in [0.1, 0.15) is 5.75 Å². The zero-order chi connectivity index (χ0) is 18.6. The highest BCUT2D eigenvalue weighted by molar-refractivity contribution is 7.88. The second kappa shape index (κ2) is 7.99. The van der Waals surface area contributed by atoms with Crippen molar-refractivity contribution in [2.24, 2.45) is 0 Å². The molecule has 0 bridgehead atoms. The fourth-order valence-corrected chi connectivity index (χ4v) is 4.41. The highest BCUT2D eigenvalue weighted by atomic mass is 32.2. The molecule has 0 atom stereocenters. The Morgan fingerprint density at radius 1 is 1.08 bits per heavy atom. The second-order valence-corrected chi connectivity index (χ2v) is 8.81. The molecule has 0 aliphatic heterocycles. The number of aromatic nitrogens is 1. The minimum absolute atomic E-state index is 0.0239. The maximum absolute atomic E-state index is 12.2. The summed E-state index contributed by atoms with van der Waals surface area (Å²) in [6, 6.07) is 14.3. The van der Waals surface area contributed by atoms with Gasteiger partial charge in [-0.05, 0) is 36.8 Å². The van der Waals surface area contributed by atoms with Crippen molar-refractivity contribution >= 4 is 21.4 Å². The molecule has 0 fully saturated rings. The number of nitrogens with zero attached hydrogens (tertiary/aromatic N) is 1. The fraction of sp³-hybridized carbons (Fsp3) is 0.211. The van der Waals surface area contributed by atoms with Crippen molar-refractivity contribution in [3.05, 3.63) is 70.0 Å². The Kier molecular flexibility index (Phi) is 5.70. The molecule has 26 heavy (non-hydrogen) atoms. The van der Waals surface area contributed by atoms with Crippen LogP contribution >= 0.6 is 11.3 Å². The fourth-order valence-electron chi connectivity index (χ4n) is 2.46. The number of sulfonamides is 1. The summed E-state index contributed by atoms with van der Waals surface area (Å²) in [5.74, 6) is 0.191. The molecule has 3 aromatic rings. The van der Waals surface area contributed by atoms with E-state index >= 15 is 0 Å². The third-order valence-electron chi connectivity index (χ3n) is 3.85. The molecule has 0 saturated carbocycles. The maximum Gasteiger partial charge on any atom is 0.215 e. The highest BCUT2D eigenvalue weighted by Gasteiger charge is 2.12. The Morgan fingerprint density at radius 3 is 2.46 bits per heavy atom. The first-order valence-corrected chi connectivity index (χ1v) is 10.7.